The molecule has 4 fully saturated rings. The van der Waals surface area contributed by atoms with Gasteiger partial charge in [0.15, 0.2) is 17.7 Å². The molecule has 2 aliphatic carbocycles. The highest BCUT2D eigenvalue weighted by Gasteiger charge is 2.77. The Morgan fingerprint density at radius 2 is 1.73 bits per heavy atom. The summed E-state index contributed by atoms with van der Waals surface area (Å²) < 4.78 is 29.9. The summed E-state index contributed by atoms with van der Waals surface area (Å²) in [6.45, 7) is 11.2. The van der Waals surface area contributed by atoms with Gasteiger partial charge in [-0.25, -0.2) is 0 Å². The molecule has 0 radical (unpaired) electrons. The summed E-state index contributed by atoms with van der Waals surface area (Å²) in [4.78, 5) is 37.9. The first-order chi connectivity index (χ1) is 15.3. The van der Waals surface area contributed by atoms with Crippen LogP contribution in [0.3, 0.4) is 0 Å². The zero-order chi connectivity index (χ0) is 24.4. The van der Waals surface area contributed by atoms with Gasteiger partial charge in [-0.05, 0) is 38.5 Å². The standard InChI is InChI=1S/C25H38O8/c1-15(26)31-19-8-9-22(5)17(21(19,3)4)12-18(28)23(6,32-16(2)27)25(22)11-10-24(33-25)13-20(29-7)30-14-24/h17,19-20H,8-14H2,1-7H3/t17-,19+,20+,22-,23-,24+,25+/m0/s1. The molecule has 0 N–H and O–H groups in total. The number of Topliss-reactive ketones (excluding diaryl/α,β-unsaturated/α-hetero) is 1. The van der Waals surface area contributed by atoms with Crippen LogP contribution < -0.4 is 0 Å². The summed E-state index contributed by atoms with van der Waals surface area (Å²) in [5, 5.41) is 0. The summed E-state index contributed by atoms with van der Waals surface area (Å²) in [5.74, 6) is -1.07. The first-order valence-electron chi connectivity index (χ1n) is 12.0. The molecule has 4 rings (SSSR count). The first-order valence-corrected chi connectivity index (χ1v) is 12.0. The van der Waals surface area contributed by atoms with Crippen LogP contribution in [0.4, 0.5) is 0 Å². The van der Waals surface area contributed by atoms with E-state index in [1.165, 1.54) is 13.8 Å². The van der Waals surface area contributed by atoms with E-state index in [9.17, 15) is 14.4 Å². The maximum absolute atomic E-state index is 13.8. The largest absolute Gasteiger partial charge is 0.462 e. The van der Waals surface area contributed by atoms with Crippen molar-refractivity contribution in [2.75, 3.05) is 13.7 Å². The quantitative estimate of drug-likeness (QED) is 0.584. The van der Waals surface area contributed by atoms with E-state index in [0.29, 0.717) is 38.7 Å². The van der Waals surface area contributed by atoms with Gasteiger partial charge in [-0.1, -0.05) is 20.8 Å². The van der Waals surface area contributed by atoms with E-state index in [4.69, 9.17) is 23.7 Å². The summed E-state index contributed by atoms with van der Waals surface area (Å²) >= 11 is 0. The number of hydrogen-bond acceptors (Lipinski definition) is 8. The van der Waals surface area contributed by atoms with Gasteiger partial charge in [0, 0.05) is 44.6 Å². The van der Waals surface area contributed by atoms with Gasteiger partial charge in [0.25, 0.3) is 0 Å². The number of hydrogen-bond donors (Lipinski definition) is 0. The molecule has 2 heterocycles. The zero-order valence-corrected chi connectivity index (χ0v) is 20.9. The Kier molecular flexibility index (Phi) is 5.78. The Morgan fingerprint density at radius 1 is 1.03 bits per heavy atom. The van der Waals surface area contributed by atoms with Crippen molar-refractivity contribution < 1.29 is 38.1 Å². The molecule has 33 heavy (non-hydrogen) atoms. The molecule has 0 aromatic heterocycles. The van der Waals surface area contributed by atoms with Crippen molar-refractivity contribution in [1.82, 2.24) is 0 Å². The Bertz CT molecular complexity index is 853. The number of methoxy groups -OCH3 is 1. The Balaban J connectivity index is 1.81. The number of carbonyl (C=O) groups excluding carboxylic acids is 3. The van der Waals surface area contributed by atoms with Crippen LogP contribution in [0.5, 0.6) is 0 Å². The highest BCUT2D eigenvalue weighted by atomic mass is 16.7. The first kappa shape index (κ1) is 24.6. The summed E-state index contributed by atoms with van der Waals surface area (Å²) in [6, 6.07) is 0. The SMILES string of the molecule is CO[C@H]1C[C@]2(CC[C@]3(O2)[C@@](C)(OC(C)=O)C(=O)C[C@H]2C(C)(C)[C@H](OC(C)=O)CC[C@@]23C)CO1. The van der Waals surface area contributed by atoms with Gasteiger partial charge in [-0.3, -0.25) is 14.4 Å². The lowest BCUT2D eigenvalue weighted by molar-refractivity contribution is -0.294. The van der Waals surface area contributed by atoms with Gasteiger partial charge in [-0.15, -0.1) is 0 Å². The Labute approximate surface area is 196 Å². The van der Waals surface area contributed by atoms with Crippen molar-refractivity contribution in [3.05, 3.63) is 0 Å². The van der Waals surface area contributed by atoms with Gasteiger partial charge in [0.1, 0.15) is 11.7 Å². The van der Waals surface area contributed by atoms with Crippen molar-refractivity contribution in [1.29, 1.82) is 0 Å². The van der Waals surface area contributed by atoms with Crippen LogP contribution in [-0.4, -0.2) is 60.6 Å². The molecule has 0 aromatic rings. The second kappa shape index (κ2) is 7.75. The topological polar surface area (TPSA) is 97.4 Å². The summed E-state index contributed by atoms with van der Waals surface area (Å²) in [7, 11) is 1.61. The minimum absolute atomic E-state index is 0.116. The van der Waals surface area contributed by atoms with Crippen LogP contribution in [-0.2, 0) is 38.1 Å². The number of ketones is 1. The predicted molar refractivity (Wildman–Crippen MR) is 117 cm³/mol. The maximum atomic E-state index is 13.8. The fraction of sp³-hybridized carbons (Fsp3) is 0.880. The number of fused-ring (bicyclic) bond motifs is 2. The van der Waals surface area contributed by atoms with E-state index in [1.54, 1.807) is 14.0 Å². The minimum Gasteiger partial charge on any atom is -0.462 e. The second-order valence-electron chi connectivity index (χ2n) is 11.5. The van der Waals surface area contributed by atoms with Gasteiger partial charge >= 0.3 is 11.9 Å². The molecule has 0 unspecified atom stereocenters. The van der Waals surface area contributed by atoms with Crippen LogP contribution in [0.2, 0.25) is 0 Å². The predicted octanol–water partition coefficient (Wildman–Crippen LogP) is 3.34. The van der Waals surface area contributed by atoms with Crippen LogP contribution in [0.25, 0.3) is 0 Å². The van der Waals surface area contributed by atoms with Crippen molar-refractivity contribution in [2.45, 2.75) is 109 Å². The monoisotopic (exact) mass is 466 g/mol. The normalized spacial score (nSPS) is 46.4. The molecule has 0 aromatic carbocycles. The molecule has 2 spiro atoms. The minimum atomic E-state index is -1.41. The number of carbonyl (C=O) groups is 3. The third-order valence-electron chi connectivity index (χ3n) is 9.35. The third-order valence-corrected chi connectivity index (χ3v) is 9.35. The number of rotatable bonds is 3. The van der Waals surface area contributed by atoms with Gasteiger partial charge in [0.05, 0.1) is 12.2 Å². The summed E-state index contributed by atoms with van der Waals surface area (Å²) in [6.07, 6.45) is 2.75. The fourth-order valence-electron chi connectivity index (χ4n) is 7.66. The smallest absolute Gasteiger partial charge is 0.303 e. The lowest BCUT2D eigenvalue weighted by atomic mass is 9.42. The highest BCUT2D eigenvalue weighted by molar-refractivity contribution is 5.92. The molecule has 8 nitrogen and oxygen atoms in total. The lowest BCUT2D eigenvalue weighted by Crippen LogP contribution is -2.75. The van der Waals surface area contributed by atoms with Crippen molar-refractivity contribution in [2.24, 2.45) is 16.7 Å². The van der Waals surface area contributed by atoms with Crippen LogP contribution in [0.1, 0.15) is 80.1 Å². The van der Waals surface area contributed by atoms with E-state index in [2.05, 4.69) is 20.8 Å². The second-order valence-corrected chi connectivity index (χ2v) is 11.5. The van der Waals surface area contributed by atoms with Crippen LogP contribution in [0, 0.1) is 16.7 Å². The molecule has 8 heteroatoms. The van der Waals surface area contributed by atoms with E-state index < -0.39 is 33.6 Å². The highest BCUT2D eigenvalue weighted by Crippen LogP contribution is 2.69. The number of esters is 2. The average Bonchev–Trinajstić information content (AvgIpc) is 3.31. The summed E-state index contributed by atoms with van der Waals surface area (Å²) in [5.41, 5.74) is -3.97. The van der Waals surface area contributed by atoms with Gasteiger partial charge in [0.2, 0.25) is 0 Å². The molecule has 0 bridgehead atoms. The van der Waals surface area contributed by atoms with Crippen molar-refractivity contribution >= 4 is 17.7 Å². The van der Waals surface area contributed by atoms with Crippen LogP contribution >= 0.6 is 0 Å². The molecule has 2 saturated heterocycles. The molecule has 4 aliphatic rings. The van der Waals surface area contributed by atoms with Gasteiger partial charge < -0.3 is 23.7 Å². The zero-order valence-electron chi connectivity index (χ0n) is 20.9. The lowest BCUT2D eigenvalue weighted by Gasteiger charge is -2.66. The molecule has 0 amide bonds. The Hall–Kier alpha value is -1.51. The number of ether oxygens (including phenoxy) is 5. The van der Waals surface area contributed by atoms with Gasteiger partial charge in [-0.2, -0.15) is 0 Å². The fourth-order valence-corrected chi connectivity index (χ4v) is 7.66. The molecular weight excluding hydrogens is 428 g/mol. The Morgan fingerprint density at radius 3 is 2.30 bits per heavy atom. The molecule has 2 aliphatic heterocycles. The molecule has 7 atom stereocenters. The molecule has 2 saturated carbocycles. The average molecular weight is 467 g/mol. The van der Waals surface area contributed by atoms with E-state index in [0.717, 1.165) is 0 Å². The van der Waals surface area contributed by atoms with Crippen molar-refractivity contribution in [3.8, 4) is 0 Å². The van der Waals surface area contributed by atoms with E-state index in [1.807, 2.05) is 0 Å². The molecular formula is C25H38O8. The van der Waals surface area contributed by atoms with E-state index >= 15 is 0 Å². The van der Waals surface area contributed by atoms with E-state index in [-0.39, 0.29) is 36.5 Å². The molecule has 186 valence electrons. The van der Waals surface area contributed by atoms with Crippen LogP contribution in [0.15, 0.2) is 0 Å². The third kappa shape index (κ3) is 3.39. The van der Waals surface area contributed by atoms with Crippen molar-refractivity contribution in [3.63, 3.8) is 0 Å². The maximum Gasteiger partial charge on any atom is 0.303 e.